The van der Waals surface area contributed by atoms with Crippen LogP contribution in [-0.2, 0) is 11.3 Å². The summed E-state index contributed by atoms with van der Waals surface area (Å²) >= 11 is 0. The molecule has 5 nitrogen and oxygen atoms in total. The lowest BCUT2D eigenvalue weighted by Crippen LogP contribution is -2.21. The molecule has 1 amide bonds. The minimum absolute atomic E-state index is 0.0228. The number of hydrogen-bond donors (Lipinski definition) is 1. The van der Waals surface area contributed by atoms with Gasteiger partial charge in [-0.3, -0.25) is 4.79 Å². The molecule has 1 atom stereocenters. The van der Waals surface area contributed by atoms with Crippen LogP contribution in [-0.4, -0.2) is 23.2 Å². The highest BCUT2D eigenvalue weighted by molar-refractivity contribution is 6.06. The molecule has 1 aliphatic heterocycles. The number of ether oxygens (including phenoxy) is 1. The van der Waals surface area contributed by atoms with Crippen LogP contribution in [0.1, 0.15) is 34.3 Å². The number of aryl methyl sites for hydroxylation is 1. The van der Waals surface area contributed by atoms with Crippen molar-refractivity contribution in [2.75, 3.05) is 11.9 Å². The molecule has 5 rings (SSSR count). The summed E-state index contributed by atoms with van der Waals surface area (Å²) < 4.78 is 8.05. The molecule has 0 unspecified atom stereocenters. The lowest BCUT2D eigenvalue weighted by Gasteiger charge is -2.18. The summed E-state index contributed by atoms with van der Waals surface area (Å²) in [7, 11) is 0. The fourth-order valence-corrected chi connectivity index (χ4v) is 4.78. The first kappa shape index (κ1) is 22.6. The third-order valence-electron chi connectivity index (χ3n) is 6.41. The molecule has 35 heavy (non-hydrogen) atoms. The first-order valence-corrected chi connectivity index (χ1v) is 11.9. The third-order valence-corrected chi connectivity index (χ3v) is 6.41. The van der Waals surface area contributed by atoms with E-state index in [1.165, 1.54) is 0 Å². The van der Waals surface area contributed by atoms with Crippen LogP contribution >= 0.6 is 0 Å². The number of benzene rings is 3. The summed E-state index contributed by atoms with van der Waals surface area (Å²) in [6.07, 6.45) is 1.98. The highest BCUT2D eigenvalue weighted by Crippen LogP contribution is 2.42. The molecule has 1 N–H and O–H groups in total. The minimum Gasteiger partial charge on any atom is -0.376 e. The van der Waals surface area contributed by atoms with Gasteiger partial charge in [0, 0.05) is 17.7 Å². The van der Waals surface area contributed by atoms with E-state index in [2.05, 4.69) is 16.0 Å². The predicted octanol–water partition coefficient (Wildman–Crippen LogP) is 6.43. The number of carbonyl (C=O) groups is 1. The van der Waals surface area contributed by atoms with Gasteiger partial charge in [-0.1, -0.05) is 78.4 Å². The van der Waals surface area contributed by atoms with Crippen molar-refractivity contribution < 1.29 is 9.53 Å². The van der Waals surface area contributed by atoms with Crippen LogP contribution in [0.2, 0.25) is 0 Å². The van der Waals surface area contributed by atoms with Gasteiger partial charge in [-0.25, -0.2) is 0 Å². The van der Waals surface area contributed by atoms with E-state index in [1.54, 1.807) is 6.07 Å². The molecule has 174 valence electrons. The zero-order valence-electron chi connectivity index (χ0n) is 19.7. The second-order valence-corrected chi connectivity index (χ2v) is 8.86. The average molecular weight is 462 g/mol. The molecule has 1 fully saturated rings. The van der Waals surface area contributed by atoms with E-state index in [-0.39, 0.29) is 12.0 Å². The van der Waals surface area contributed by atoms with Gasteiger partial charge >= 0.3 is 0 Å². The number of anilines is 1. The molecule has 0 aliphatic carbocycles. The van der Waals surface area contributed by atoms with E-state index >= 15 is 0 Å². The van der Waals surface area contributed by atoms with Crippen LogP contribution in [0.5, 0.6) is 0 Å². The third kappa shape index (κ3) is 4.62. The molecule has 0 saturated carbocycles. The maximum Gasteiger partial charge on any atom is 0.256 e. The summed E-state index contributed by atoms with van der Waals surface area (Å²) in [4.78, 5) is 13.4. The standard InChI is InChI=1S/C30H27N3O2/c1-21-10-8-15-24(18-21)30(34)32-29-26(19-31)27(22-11-4-2-5-12-22)28(23-13-6-3-7-14-23)33(29)20-25-16-9-17-35-25/h2-8,10-15,18,25H,9,16-17,20H2,1H3,(H,32,34)/t25-/m0/s1. The summed E-state index contributed by atoms with van der Waals surface area (Å²) in [6, 6.07) is 29.8. The lowest BCUT2D eigenvalue weighted by molar-refractivity contribution is 0.0969. The first-order valence-electron chi connectivity index (χ1n) is 11.9. The number of carbonyl (C=O) groups excluding carboxylic acids is 1. The van der Waals surface area contributed by atoms with Gasteiger partial charge < -0.3 is 14.6 Å². The Balaban J connectivity index is 1.73. The number of nitriles is 1. The maximum absolute atomic E-state index is 13.4. The van der Waals surface area contributed by atoms with Crippen molar-refractivity contribution >= 4 is 11.7 Å². The van der Waals surface area contributed by atoms with Crippen LogP contribution in [0.4, 0.5) is 5.82 Å². The van der Waals surface area contributed by atoms with Crippen molar-refractivity contribution in [3.8, 4) is 28.5 Å². The molecule has 0 bridgehead atoms. The van der Waals surface area contributed by atoms with Crippen molar-refractivity contribution in [3.05, 3.63) is 102 Å². The molecule has 0 radical (unpaired) electrons. The Morgan fingerprint density at radius 2 is 1.74 bits per heavy atom. The molecule has 2 heterocycles. The number of rotatable bonds is 6. The molecule has 0 spiro atoms. The Bertz CT molecular complexity index is 1380. The van der Waals surface area contributed by atoms with Crippen molar-refractivity contribution in [1.29, 1.82) is 5.26 Å². The van der Waals surface area contributed by atoms with E-state index in [9.17, 15) is 10.1 Å². The van der Waals surface area contributed by atoms with E-state index in [4.69, 9.17) is 4.74 Å². The van der Waals surface area contributed by atoms with E-state index in [0.29, 0.717) is 23.5 Å². The van der Waals surface area contributed by atoms with Gasteiger partial charge in [-0.2, -0.15) is 5.26 Å². The highest BCUT2D eigenvalue weighted by Gasteiger charge is 2.29. The van der Waals surface area contributed by atoms with Gasteiger partial charge in [0.25, 0.3) is 5.91 Å². The number of nitrogens with zero attached hydrogens (tertiary/aromatic N) is 2. The zero-order valence-corrected chi connectivity index (χ0v) is 19.7. The van der Waals surface area contributed by atoms with Crippen molar-refractivity contribution in [2.24, 2.45) is 0 Å². The van der Waals surface area contributed by atoms with Gasteiger partial charge in [-0.05, 0) is 43.0 Å². The SMILES string of the molecule is Cc1cccc(C(=O)Nc2c(C#N)c(-c3ccccc3)c(-c3ccccc3)n2C[C@@H]2CCCO2)c1. The van der Waals surface area contributed by atoms with Gasteiger partial charge in [-0.15, -0.1) is 0 Å². The Kier molecular flexibility index (Phi) is 6.47. The number of amides is 1. The van der Waals surface area contributed by atoms with Crippen LogP contribution < -0.4 is 5.32 Å². The fourth-order valence-electron chi connectivity index (χ4n) is 4.78. The quantitative estimate of drug-likeness (QED) is 0.360. The molecular weight excluding hydrogens is 434 g/mol. The Labute approximate surface area is 205 Å². The summed E-state index contributed by atoms with van der Waals surface area (Å²) in [5, 5.41) is 13.5. The summed E-state index contributed by atoms with van der Waals surface area (Å²) in [6.45, 7) is 3.24. The van der Waals surface area contributed by atoms with Crippen molar-refractivity contribution in [2.45, 2.75) is 32.4 Å². The molecule has 3 aromatic carbocycles. The van der Waals surface area contributed by atoms with E-state index < -0.39 is 0 Å². The molecule has 4 aromatic rings. The van der Waals surface area contributed by atoms with Gasteiger partial charge in [0.05, 0.1) is 18.3 Å². The predicted molar refractivity (Wildman–Crippen MR) is 138 cm³/mol. The average Bonchev–Trinajstić information content (AvgIpc) is 3.51. The van der Waals surface area contributed by atoms with Crippen LogP contribution in [0.25, 0.3) is 22.4 Å². The van der Waals surface area contributed by atoms with Gasteiger partial charge in [0.1, 0.15) is 17.5 Å². The Morgan fingerprint density at radius 1 is 1.03 bits per heavy atom. The van der Waals surface area contributed by atoms with Crippen LogP contribution in [0.3, 0.4) is 0 Å². The van der Waals surface area contributed by atoms with Crippen molar-refractivity contribution in [1.82, 2.24) is 4.57 Å². The van der Waals surface area contributed by atoms with E-state index in [0.717, 1.165) is 47.4 Å². The summed E-state index contributed by atoms with van der Waals surface area (Å²) in [5.74, 6) is 0.266. The molecule has 1 saturated heterocycles. The second kappa shape index (κ2) is 10.0. The molecule has 1 aromatic heterocycles. The normalized spacial score (nSPS) is 15.0. The molecule has 5 heteroatoms. The van der Waals surface area contributed by atoms with Crippen LogP contribution in [0, 0.1) is 18.3 Å². The topological polar surface area (TPSA) is 67.0 Å². The van der Waals surface area contributed by atoms with Crippen LogP contribution in [0.15, 0.2) is 84.9 Å². The first-order chi connectivity index (χ1) is 17.2. The number of hydrogen-bond acceptors (Lipinski definition) is 3. The zero-order chi connectivity index (χ0) is 24.2. The Hall–Kier alpha value is -4.14. The fraction of sp³-hybridized carbons (Fsp3) is 0.200. The number of aromatic nitrogens is 1. The summed E-state index contributed by atoms with van der Waals surface area (Å²) in [5.41, 5.74) is 5.65. The monoisotopic (exact) mass is 461 g/mol. The second-order valence-electron chi connectivity index (χ2n) is 8.86. The number of nitrogens with one attached hydrogen (secondary N) is 1. The molecular formula is C30H27N3O2. The van der Waals surface area contributed by atoms with Gasteiger partial charge in [0.15, 0.2) is 0 Å². The lowest BCUT2D eigenvalue weighted by atomic mass is 9.98. The van der Waals surface area contributed by atoms with Crippen molar-refractivity contribution in [3.63, 3.8) is 0 Å². The maximum atomic E-state index is 13.4. The van der Waals surface area contributed by atoms with Gasteiger partial charge in [0.2, 0.25) is 0 Å². The smallest absolute Gasteiger partial charge is 0.256 e. The highest BCUT2D eigenvalue weighted by atomic mass is 16.5. The Morgan fingerprint density at radius 3 is 2.37 bits per heavy atom. The minimum atomic E-state index is -0.240. The van der Waals surface area contributed by atoms with E-state index in [1.807, 2.05) is 85.8 Å². The largest absolute Gasteiger partial charge is 0.376 e. The molecule has 1 aliphatic rings.